The normalized spacial score (nSPS) is 16.8. The van der Waals surface area contributed by atoms with Crippen molar-refractivity contribution in [3.05, 3.63) is 74.4 Å². The van der Waals surface area contributed by atoms with E-state index in [-0.39, 0.29) is 39.6 Å². The highest BCUT2D eigenvalue weighted by molar-refractivity contribution is 7.89. The van der Waals surface area contributed by atoms with Crippen LogP contribution in [0.1, 0.15) is 17.3 Å². The van der Waals surface area contributed by atoms with Crippen molar-refractivity contribution in [3.63, 3.8) is 0 Å². The van der Waals surface area contributed by atoms with Crippen molar-refractivity contribution in [2.75, 3.05) is 13.7 Å². The van der Waals surface area contributed by atoms with Crippen molar-refractivity contribution in [1.82, 2.24) is 9.29 Å². The van der Waals surface area contributed by atoms with E-state index in [9.17, 15) is 26.4 Å². The topological polar surface area (TPSA) is 79.5 Å². The number of aromatic nitrogens is 1. The molecule has 1 atom stereocenters. The summed E-state index contributed by atoms with van der Waals surface area (Å²) in [5.74, 6) is -3.14. The Morgan fingerprint density at radius 2 is 1.77 bits per heavy atom. The molecule has 2 aromatic carbocycles. The summed E-state index contributed by atoms with van der Waals surface area (Å²) < 4.78 is 73.7. The Morgan fingerprint density at radius 3 is 2.43 bits per heavy atom. The van der Waals surface area contributed by atoms with Crippen LogP contribution in [-0.2, 0) is 21.4 Å². The average molecular weight is 459 g/mol. The average Bonchev–Trinajstić information content (AvgIpc) is 2.70. The number of pyridine rings is 1. The molecule has 4 rings (SSSR count). The largest absolute Gasteiger partial charge is 0.373 e. The fourth-order valence-electron chi connectivity index (χ4n) is 3.50. The van der Waals surface area contributed by atoms with Crippen LogP contribution in [0.5, 0.6) is 0 Å². The second kappa shape index (κ2) is 7.38. The summed E-state index contributed by atoms with van der Waals surface area (Å²) in [5.41, 5.74) is -0.0919. The molecule has 0 amide bonds. The molecular formula is C19H14ClF3N2O4S. The van der Waals surface area contributed by atoms with E-state index in [1.807, 2.05) is 0 Å². The summed E-state index contributed by atoms with van der Waals surface area (Å²) in [6.45, 7) is -0.135. The second-order valence-electron chi connectivity index (χ2n) is 6.79. The number of benzene rings is 2. The smallest absolute Gasteiger partial charge is 0.256 e. The molecule has 2 heterocycles. The minimum atomic E-state index is -4.18. The van der Waals surface area contributed by atoms with Gasteiger partial charge >= 0.3 is 0 Å². The number of sulfonamides is 1. The molecule has 6 nitrogen and oxygen atoms in total. The second-order valence-corrected chi connectivity index (χ2v) is 9.19. The molecule has 1 aromatic heterocycles. The van der Waals surface area contributed by atoms with Crippen molar-refractivity contribution in [1.29, 1.82) is 0 Å². The van der Waals surface area contributed by atoms with Gasteiger partial charge in [0.05, 0.1) is 34.6 Å². The van der Waals surface area contributed by atoms with Crippen molar-refractivity contribution in [2.24, 2.45) is 0 Å². The third-order valence-corrected chi connectivity index (χ3v) is 7.20. The molecule has 1 aliphatic heterocycles. The van der Waals surface area contributed by atoms with Gasteiger partial charge in [0.2, 0.25) is 10.0 Å². The van der Waals surface area contributed by atoms with Crippen molar-refractivity contribution >= 4 is 32.4 Å². The summed E-state index contributed by atoms with van der Waals surface area (Å²) in [5, 5.41) is -0.396. The first-order valence-corrected chi connectivity index (χ1v) is 10.5. The Morgan fingerprint density at radius 1 is 1.10 bits per heavy atom. The molecule has 0 fully saturated rings. The lowest BCUT2D eigenvalue weighted by molar-refractivity contribution is 0.0626. The van der Waals surface area contributed by atoms with E-state index in [0.29, 0.717) is 5.56 Å². The maximum atomic E-state index is 14.0. The van der Waals surface area contributed by atoms with E-state index < -0.39 is 39.1 Å². The number of aromatic amines is 1. The molecule has 0 saturated carbocycles. The van der Waals surface area contributed by atoms with E-state index in [4.69, 9.17) is 16.3 Å². The van der Waals surface area contributed by atoms with E-state index >= 15 is 0 Å². The van der Waals surface area contributed by atoms with Crippen molar-refractivity contribution < 1.29 is 26.3 Å². The van der Waals surface area contributed by atoms with Crippen LogP contribution < -0.4 is 5.56 Å². The number of hydrogen-bond acceptors (Lipinski definition) is 4. The Labute approximate surface area is 173 Å². The predicted molar refractivity (Wildman–Crippen MR) is 103 cm³/mol. The number of halogens is 4. The lowest BCUT2D eigenvalue weighted by Crippen LogP contribution is -2.37. The standard InChI is InChI=1S/C19H14ClF3N2O4S/c1-25(30(27,28)9-2-3-13(21)12(20)4-9)17-8-29-7-16-18(17)10-5-14(22)15(23)6-11(10)19(26)24-16/h2-6,17H,7-8H2,1H3,(H,24,26). The quantitative estimate of drug-likeness (QED) is 0.651. The van der Waals surface area contributed by atoms with Crippen LogP contribution in [0.3, 0.4) is 0 Å². The van der Waals surface area contributed by atoms with Crippen molar-refractivity contribution in [2.45, 2.75) is 17.5 Å². The van der Waals surface area contributed by atoms with Crippen molar-refractivity contribution in [3.8, 4) is 0 Å². The van der Waals surface area contributed by atoms with Gasteiger partial charge < -0.3 is 9.72 Å². The van der Waals surface area contributed by atoms with Crippen LogP contribution in [0, 0.1) is 17.5 Å². The summed E-state index contributed by atoms with van der Waals surface area (Å²) in [4.78, 5) is 14.6. The number of nitrogens with zero attached hydrogens (tertiary/aromatic N) is 1. The first-order valence-electron chi connectivity index (χ1n) is 8.66. The zero-order valence-corrected chi connectivity index (χ0v) is 17.0. The highest BCUT2D eigenvalue weighted by atomic mass is 35.5. The number of nitrogens with one attached hydrogen (secondary N) is 1. The minimum absolute atomic E-state index is 0.0354. The summed E-state index contributed by atoms with van der Waals surface area (Å²) in [7, 11) is -2.90. The SMILES string of the molecule is CN(C1COCc2[nH]c(=O)c3cc(F)c(F)cc3c21)S(=O)(=O)c1ccc(F)c(Cl)c1. The predicted octanol–water partition coefficient (Wildman–Crippen LogP) is 3.49. The van der Waals surface area contributed by atoms with Gasteiger partial charge in [0.25, 0.3) is 5.56 Å². The Balaban J connectivity index is 1.90. The number of hydrogen-bond donors (Lipinski definition) is 1. The maximum Gasteiger partial charge on any atom is 0.256 e. The van der Waals surface area contributed by atoms with E-state index in [1.165, 1.54) is 7.05 Å². The third kappa shape index (κ3) is 3.29. The molecule has 0 saturated heterocycles. The third-order valence-electron chi connectivity index (χ3n) is 5.05. The maximum absolute atomic E-state index is 14.0. The Bertz CT molecular complexity index is 1340. The van der Waals surface area contributed by atoms with Gasteiger partial charge in [-0.2, -0.15) is 4.31 Å². The van der Waals surface area contributed by atoms with Crippen LogP contribution in [-0.4, -0.2) is 31.4 Å². The van der Waals surface area contributed by atoms with E-state index in [2.05, 4.69) is 4.98 Å². The Kier molecular flexibility index (Phi) is 5.13. The molecule has 0 bridgehead atoms. The van der Waals surface area contributed by atoms with Crippen LogP contribution >= 0.6 is 11.6 Å². The molecule has 1 aliphatic rings. The summed E-state index contributed by atoms with van der Waals surface area (Å²) >= 11 is 5.72. The molecule has 0 aliphatic carbocycles. The number of likely N-dealkylation sites (N-methyl/N-ethyl adjacent to an activating group) is 1. The van der Waals surface area contributed by atoms with Crippen LogP contribution in [0.4, 0.5) is 13.2 Å². The van der Waals surface area contributed by atoms with Crippen LogP contribution in [0.15, 0.2) is 40.0 Å². The fourth-order valence-corrected chi connectivity index (χ4v) is 5.09. The van der Waals surface area contributed by atoms with Gasteiger partial charge in [-0.15, -0.1) is 0 Å². The molecule has 1 unspecified atom stereocenters. The number of fused-ring (bicyclic) bond motifs is 3. The number of H-pyrrole nitrogens is 1. The fraction of sp³-hybridized carbons (Fsp3) is 0.211. The molecule has 3 aromatic rings. The zero-order valence-electron chi connectivity index (χ0n) is 15.4. The lowest BCUT2D eigenvalue weighted by Gasteiger charge is -2.33. The molecule has 11 heteroatoms. The van der Waals surface area contributed by atoms with Gasteiger partial charge in [-0.25, -0.2) is 21.6 Å². The summed E-state index contributed by atoms with van der Waals surface area (Å²) in [6.07, 6.45) is 0. The molecule has 1 N–H and O–H groups in total. The van der Waals surface area contributed by atoms with E-state index in [0.717, 1.165) is 34.6 Å². The van der Waals surface area contributed by atoms with Gasteiger partial charge in [-0.05, 0) is 35.7 Å². The first-order chi connectivity index (χ1) is 14.1. The minimum Gasteiger partial charge on any atom is -0.373 e. The van der Waals surface area contributed by atoms with Gasteiger partial charge in [-0.1, -0.05) is 11.6 Å². The Hall–Kier alpha value is -2.40. The van der Waals surface area contributed by atoms with Gasteiger partial charge in [-0.3, -0.25) is 4.79 Å². The first kappa shape index (κ1) is 20.9. The lowest BCUT2D eigenvalue weighted by atomic mass is 9.96. The molecular weight excluding hydrogens is 445 g/mol. The summed E-state index contributed by atoms with van der Waals surface area (Å²) in [6, 6.07) is 3.65. The zero-order chi connectivity index (χ0) is 21.8. The van der Waals surface area contributed by atoms with Gasteiger partial charge in [0.1, 0.15) is 5.82 Å². The molecule has 0 spiro atoms. The highest BCUT2D eigenvalue weighted by Gasteiger charge is 2.35. The van der Waals surface area contributed by atoms with Crippen LogP contribution in [0.2, 0.25) is 5.02 Å². The number of rotatable bonds is 3. The highest BCUT2D eigenvalue weighted by Crippen LogP contribution is 2.36. The van der Waals surface area contributed by atoms with Crippen LogP contribution in [0.25, 0.3) is 10.8 Å². The van der Waals surface area contributed by atoms with E-state index in [1.54, 1.807) is 0 Å². The number of ether oxygens (including phenoxy) is 1. The monoisotopic (exact) mass is 458 g/mol. The molecule has 158 valence electrons. The molecule has 30 heavy (non-hydrogen) atoms. The van der Waals surface area contributed by atoms with Gasteiger partial charge in [0.15, 0.2) is 11.6 Å². The van der Waals surface area contributed by atoms with Gasteiger partial charge in [0, 0.05) is 18.3 Å². The molecule has 0 radical (unpaired) electrons.